The Kier molecular flexibility index (Phi) is 4.90. The van der Waals surface area contributed by atoms with Crippen molar-refractivity contribution < 1.29 is 23.1 Å². The lowest BCUT2D eigenvalue weighted by molar-refractivity contribution is 0.0166. The van der Waals surface area contributed by atoms with E-state index in [4.69, 9.17) is 4.42 Å². The Bertz CT molecular complexity index is 1700. The number of hydrogen-bond donors (Lipinski definition) is 1. The summed E-state index contributed by atoms with van der Waals surface area (Å²) in [4.78, 5) is 50.4. The maximum atomic E-state index is 14.2. The molecule has 2 aromatic carbocycles. The number of aryl methyl sites for hydroxylation is 1. The largest absolute Gasteiger partial charge is 0.477 e. The van der Waals surface area contributed by atoms with Gasteiger partial charge in [0.15, 0.2) is 5.58 Å². The monoisotopic (exact) mass is 483 g/mol. The van der Waals surface area contributed by atoms with Crippen LogP contribution in [0.2, 0.25) is 0 Å². The summed E-state index contributed by atoms with van der Waals surface area (Å²) in [7, 11) is 1.51. The maximum Gasteiger partial charge on any atom is 0.419 e. The number of aromatic carboxylic acids is 1. The van der Waals surface area contributed by atoms with Gasteiger partial charge in [-0.1, -0.05) is 18.2 Å². The van der Waals surface area contributed by atoms with Crippen LogP contribution in [0.15, 0.2) is 61.4 Å². The molecule has 2 aromatic heterocycles. The van der Waals surface area contributed by atoms with Crippen molar-refractivity contribution in [3.63, 3.8) is 0 Å². The summed E-state index contributed by atoms with van der Waals surface area (Å²) < 4.78 is 36.5. The molecule has 11 heteroatoms. The number of aromatic nitrogens is 3. The third-order valence-electron chi connectivity index (χ3n) is 6.43. The van der Waals surface area contributed by atoms with Gasteiger partial charge in [0, 0.05) is 31.8 Å². The highest BCUT2D eigenvalue weighted by Gasteiger charge is 2.35. The van der Waals surface area contributed by atoms with Crippen molar-refractivity contribution in [3.8, 4) is 5.69 Å². The summed E-state index contributed by atoms with van der Waals surface area (Å²) in [6.07, 6.45) is 1.29. The fourth-order valence-corrected chi connectivity index (χ4v) is 4.76. The summed E-state index contributed by atoms with van der Waals surface area (Å²) >= 11 is 0. The van der Waals surface area contributed by atoms with Gasteiger partial charge in [-0.3, -0.25) is 18.5 Å². The summed E-state index contributed by atoms with van der Waals surface area (Å²) in [6.45, 7) is 0.776. The van der Waals surface area contributed by atoms with Gasteiger partial charge in [0.05, 0.1) is 17.2 Å². The minimum Gasteiger partial charge on any atom is -0.477 e. The molecule has 0 saturated heterocycles. The lowest BCUT2D eigenvalue weighted by atomic mass is 9.98. The number of hydrogen-bond acceptors (Lipinski definition) is 5. The highest BCUT2D eigenvalue weighted by atomic mass is 19.3. The number of fused-ring (bicyclic) bond motifs is 2. The molecule has 1 N–H and O–H groups in total. The molecule has 1 atom stereocenters. The Labute approximate surface area is 195 Å². The van der Waals surface area contributed by atoms with Crippen LogP contribution in [0.3, 0.4) is 0 Å². The van der Waals surface area contributed by atoms with E-state index >= 15 is 0 Å². The predicted octanol–water partition coefficient (Wildman–Crippen LogP) is 2.79. The van der Waals surface area contributed by atoms with Crippen molar-refractivity contribution in [1.82, 2.24) is 13.7 Å². The second-order valence-electron chi connectivity index (χ2n) is 8.57. The molecule has 1 aliphatic carbocycles. The molecular formula is C24H19F2N3O6. The maximum absolute atomic E-state index is 14.2. The van der Waals surface area contributed by atoms with E-state index in [2.05, 4.69) is 0 Å². The van der Waals surface area contributed by atoms with E-state index in [-0.39, 0.29) is 29.7 Å². The van der Waals surface area contributed by atoms with Crippen LogP contribution in [0, 0.1) is 0 Å². The van der Waals surface area contributed by atoms with Crippen LogP contribution in [-0.4, -0.2) is 24.8 Å². The zero-order valence-electron chi connectivity index (χ0n) is 18.6. The molecule has 35 heavy (non-hydrogen) atoms. The van der Waals surface area contributed by atoms with Gasteiger partial charge in [0.1, 0.15) is 5.56 Å². The van der Waals surface area contributed by atoms with Crippen LogP contribution in [0.1, 0.15) is 46.4 Å². The molecule has 0 unspecified atom stereocenters. The smallest absolute Gasteiger partial charge is 0.419 e. The second kappa shape index (κ2) is 7.62. The Morgan fingerprint density at radius 1 is 1.17 bits per heavy atom. The summed E-state index contributed by atoms with van der Waals surface area (Å²) in [5, 5.41) is 9.66. The van der Waals surface area contributed by atoms with Crippen molar-refractivity contribution in [2.45, 2.75) is 31.7 Å². The number of carbonyl (C=O) groups is 1. The van der Waals surface area contributed by atoms with Crippen LogP contribution in [0.4, 0.5) is 8.78 Å². The SMILES string of the molecule is Cn1c(=O)oc2cc(-n3cc(C(=O)O)c(=O)n([C@@H]4CCc5c4cccc5C(C)(F)F)c3=O)ccc21. The van der Waals surface area contributed by atoms with Gasteiger partial charge in [-0.15, -0.1) is 0 Å². The predicted molar refractivity (Wildman–Crippen MR) is 121 cm³/mol. The molecule has 0 amide bonds. The zero-order chi connectivity index (χ0) is 25.2. The van der Waals surface area contributed by atoms with Crippen LogP contribution in [0.5, 0.6) is 0 Å². The number of rotatable bonds is 4. The first-order valence-electron chi connectivity index (χ1n) is 10.7. The van der Waals surface area contributed by atoms with Gasteiger partial charge in [-0.25, -0.2) is 23.2 Å². The topological polar surface area (TPSA) is 116 Å². The normalized spacial score (nSPS) is 15.5. The van der Waals surface area contributed by atoms with E-state index < -0.39 is 40.5 Å². The molecule has 0 bridgehead atoms. The standard InChI is InChI=1S/C24H19F2N3O6/c1-24(25,26)16-5-3-4-14-13(16)7-9-17(14)29-20(30)15(21(31)32)11-28(22(29)33)12-6-8-18-19(10-12)35-23(34)27(18)2/h3-6,8,10-11,17H,7,9H2,1-2H3,(H,31,32)/t17-/m1/s1. The molecule has 0 spiro atoms. The van der Waals surface area contributed by atoms with Crippen molar-refractivity contribution in [3.05, 3.63) is 96.2 Å². The Balaban J connectivity index is 1.76. The molecule has 5 rings (SSSR count). The van der Waals surface area contributed by atoms with E-state index in [0.717, 1.165) is 22.3 Å². The fraction of sp³-hybridized carbons (Fsp3) is 0.250. The molecule has 4 aromatic rings. The van der Waals surface area contributed by atoms with Crippen molar-refractivity contribution in [1.29, 1.82) is 0 Å². The highest BCUT2D eigenvalue weighted by Crippen LogP contribution is 2.40. The van der Waals surface area contributed by atoms with Crippen LogP contribution >= 0.6 is 0 Å². The molecule has 0 fully saturated rings. The van der Waals surface area contributed by atoms with Crippen LogP contribution < -0.4 is 17.0 Å². The second-order valence-corrected chi connectivity index (χ2v) is 8.57. The summed E-state index contributed by atoms with van der Waals surface area (Å²) in [5.41, 5.74) is -1.22. The molecule has 0 radical (unpaired) electrons. The number of halogens is 2. The van der Waals surface area contributed by atoms with E-state index in [1.54, 1.807) is 6.07 Å². The molecule has 0 aliphatic heterocycles. The Morgan fingerprint density at radius 2 is 1.91 bits per heavy atom. The molecule has 2 heterocycles. The minimum absolute atomic E-state index is 0.164. The van der Waals surface area contributed by atoms with E-state index in [0.29, 0.717) is 16.6 Å². The van der Waals surface area contributed by atoms with Gasteiger partial charge in [0.2, 0.25) is 0 Å². The number of alkyl halides is 2. The number of oxazole rings is 1. The number of benzene rings is 2. The number of nitrogens with zero attached hydrogens (tertiary/aromatic N) is 3. The van der Waals surface area contributed by atoms with E-state index in [1.807, 2.05) is 0 Å². The third kappa shape index (κ3) is 3.42. The lowest BCUT2D eigenvalue weighted by Gasteiger charge is -2.19. The lowest BCUT2D eigenvalue weighted by Crippen LogP contribution is -2.43. The molecular weight excluding hydrogens is 464 g/mol. The Hall–Kier alpha value is -4.28. The zero-order valence-corrected chi connectivity index (χ0v) is 18.6. The summed E-state index contributed by atoms with van der Waals surface area (Å²) in [6, 6.07) is 7.78. The average Bonchev–Trinajstić information content (AvgIpc) is 3.33. The molecule has 1 aliphatic rings. The average molecular weight is 483 g/mol. The molecule has 9 nitrogen and oxygen atoms in total. The third-order valence-corrected chi connectivity index (χ3v) is 6.43. The molecule has 0 saturated carbocycles. The number of carboxylic acids is 1. The van der Waals surface area contributed by atoms with Gasteiger partial charge >= 0.3 is 17.4 Å². The van der Waals surface area contributed by atoms with Gasteiger partial charge < -0.3 is 9.52 Å². The summed E-state index contributed by atoms with van der Waals surface area (Å²) in [5.74, 6) is -5.28. The van der Waals surface area contributed by atoms with Crippen molar-refractivity contribution in [2.24, 2.45) is 7.05 Å². The van der Waals surface area contributed by atoms with Crippen molar-refractivity contribution in [2.75, 3.05) is 0 Å². The fourth-order valence-electron chi connectivity index (χ4n) is 4.76. The van der Waals surface area contributed by atoms with Gasteiger partial charge in [-0.2, -0.15) is 0 Å². The first kappa shape index (κ1) is 22.5. The quantitative estimate of drug-likeness (QED) is 0.477. The van der Waals surface area contributed by atoms with Gasteiger partial charge in [0.25, 0.3) is 11.5 Å². The highest BCUT2D eigenvalue weighted by molar-refractivity contribution is 5.87. The van der Waals surface area contributed by atoms with Crippen molar-refractivity contribution >= 4 is 17.1 Å². The minimum atomic E-state index is -3.12. The number of carboxylic acid groups (broad SMARTS) is 1. The van der Waals surface area contributed by atoms with Crippen LogP contribution in [-0.2, 0) is 19.4 Å². The molecule has 180 valence electrons. The van der Waals surface area contributed by atoms with Crippen LogP contribution in [0.25, 0.3) is 16.8 Å². The van der Waals surface area contributed by atoms with E-state index in [9.17, 15) is 33.1 Å². The van der Waals surface area contributed by atoms with E-state index in [1.165, 1.54) is 41.9 Å². The first-order valence-corrected chi connectivity index (χ1v) is 10.7. The Morgan fingerprint density at radius 3 is 2.60 bits per heavy atom. The van der Waals surface area contributed by atoms with Gasteiger partial charge in [-0.05, 0) is 36.1 Å². The first-order chi connectivity index (χ1) is 16.5.